The highest BCUT2D eigenvalue weighted by Gasteiger charge is 2.09. The molecule has 4 rings (SSSR count). The van der Waals surface area contributed by atoms with Gasteiger partial charge in [-0.2, -0.15) is 0 Å². The molecular formula is C20H13Cl2NO2. The molecule has 0 aliphatic heterocycles. The van der Waals surface area contributed by atoms with Crippen LogP contribution >= 0.6 is 23.2 Å². The van der Waals surface area contributed by atoms with Crippen molar-refractivity contribution < 1.29 is 9.15 Å². The number of benzene rings is 3. The van der Waals surface area contributed by atoms with Crippen molar-refractivity contribution in [3.8, 4) is 17.2 Å². The van der Waals surface area contributed by atoms with Gasteiger partial charge in [-0.3, -0.25) is 0 Å². The highest BCUT2D eigenvalue weighted by Crippen LogP contribution is 2.28. The van der Waals surface area contributed by atoms with Crippen LogP contribution in [0.2, 0.25) is 10.0 Å². The number of nitrogens with zero attached hydrogens (tertiary/aromatic N) is 1. The van der Waals surface area contributed by atoms with E-state index in [1.54, 1.807) is 12.1 Å². The van der Waals surface area contributed by atoms with Crippen LogP contribution in [0.4, 0.5) is 0 Å². The van der Waals surface area contributed by atoms with Crippen molar-refractivity contribution >= 4 is 34.3 Å². The normalized spacial score (nSPS) is 11.0. The van der Waals surface area contributed by atoms with E-state index in [0.717, 1.165) is 22.4 Å². The zero-order valence-corrected chi connectivity index (χ0v) is 14.6. The largest absolute Gasteiger partial charge is 0.489 e. The van der Waals surface area contributed by atoms with E-state index < -0.39 is 0 Å². The number of fused-ring (bicyclic) bond motifs is 1. The van der Waals surface area contributed by atoms with Gasteiger partial charge in [0.15, 0.2) is 5.58 Å². The Kier molecular flexibility index (Phi) is 4.35. The molecule has 0 amide bonds. The number of hydrogen-bond donors (Lipinski definition) is 0. The van der Waals surface area contributed by atoms with Crippen LogP contribution in [0.1, 0.15) is 5.56 Å². The van der Waals surface area contributed by atoms with Gasteiger partial charge >= 0.3 is 0 Å². The van der Waals surface area contributed by atoms with E-state index in [4.69, 9.17) is 32.4 Å². The van der Waals surface area contributed by atoms with E-state index in [1.165, 1.54) is 0 Å². The molecule has 25 heavy (non-hydrogen) atoms. The summed E-state index contributed by atoms with van der Waals surface area (Å²) in [5, 5.41) is 1.33. The summed E-state index contributed by atoms with van der Waals surface area (Å²) in [6.45, 7) is 0.417. The lowest BCUT2D eigenvalue weighted by molar-refractivity contribution is 0.306. The van der Waals surface area contributed by atoms with Gasteiger partial charge in [-0.15, -0.1) is 0 Å². The summed E-state index contributed by atoms with van der Waals surface area (Å²) < 4.78 is 11.6. The average Bonchev–Trinajstić information content (AvgIpc) is 3.04. The van der Waals surface area contributed by atoms with Crippen LogP contribution in [0.15, 0.2) is 71.1 Å². The third-order valence-corrected chi connectivity index (χ3v) is 4.41. The van der Waals surface area contributed by atoms with Gasteiger partial charge in [0.25, 0.3) is 0 Å². The van der Waals surface area contributed by atoms with E-state index in [9.17, 15) is 0 Å². The highest BCUT2D eigenvalue weighted by molar-refractivity contribution is 6.31. The monoisotopic (exact) mass is 369 g/mol. The summed E-state index contributed by atoms with van der Waals surface area (Å²) in [6, 6.07) is 20.6. The van der Waals surface area contributed by atoms with Gasteiger partial charge in [0.1, 0.15) is 17.9 Å². The minimum absolute atomic E-state index is 0.417. The second kappa shape index (κ2) is 6.79. The third-order valence-electron chi connectivity index (χ3n) is 3.80. The lowest BCUT2D eigenvalue weighted by Crippen LogP contribution is -1.95. The fraction of sp³-hybridized carbons (Fsp3) is 0.0500. The molecule has 1 aromatic heterocycles. The molecule has 124 valence electrons. The summed E-state index contributed by atoms with van der Waals surface area (Å²) in [4.78, 5) is 4.47. The molecule has 0 radical (unpaired) electrons. The smallest absolute Gasteiger partial charge is 0.227 e. The van der Waals surface area contributed by atoms with E-state index in [0.29, 0.717) is 28.1 Å². The Balaban J connectivity index is 1.52. The maximum atomic E-state index is 6.14. The van der Waals surface area contributed by atoms with E-state index in [-0.39, 0.29) is 0 Å². The maximum absolute atomic E-state index is 6.14. The molecule has 0 aliphatic rings. The van der Waals surface area contributed by atoms with Crippen molar-refractivity contribution in [2.75, 3.05) is 0 Å². The van der Waals surface area contributed by atoms with Gasteiger partial charge in [-0.25, -0.2) is 4.98 Å². The number of ether oxygens (including phenoxy) is 1. The van der Waals surface area contributed by atoms with Gasteiger partial charge in [0.2, 0.25) is 5.89 Å². The zero-order chi connectivity index (χ0) is 17.2. The molecule has 0 atom stereocenters. The van der Waals surface area contributed by atoms with E-state index in [1.807, 2.05) is 54.6 Å². The van der Waals surface area contributed by atoms with Crippen LogP contribution in [0.25, 0.3) is 22.6 Å². The first-order chi connectivity index (χ1) is 12.2. The Morgan fingerprint density at radius 2 is 1.72 bits per heavy atom. The standard InChI is InChI=1S/C20H13Cl2NO2/c21-15-7-10-19-18(11-15)23-20(25-19)13-5-8-16(9-6-13)24-12-14-3-1-2-4-17(14)22/h1-11H,12H2. The lowest BCUT2D eigenvalue weighted by atomic mass is 10.2. The first kappa shape index (κ1) is 16.0. The van der Waals surface area contributed by atoms with Crippen molar-refractivity contribution in [2.24, 2.45) is 0 Å². The minimum atomic E-state index is 0.417. The molecule has 0 bridgehead atoms. The van der Waals surface area contributed by atoms with Gasteiger partial charge in [0, 0.05) is 21.2 Å². The van der Waals surface area contributed by atoms with E-state index in [2.05, 4.69) is 4.98 Å². The van der Waals surface area contributed by atoms with Gasteiger partial charge in [0.05, 0.1) is 0 Å². The van der Waals surface area contributed by atoms with Gasteiger partial charge in [-0.1, -0.05) is 41.4 Å². The maximum Gasteiger partial charge on any atom is 0.227 e. The van der Waals surface area contributed by atoms with Crippen LogP contribution < -0.4 is 4.74 Å². The molecular weight excluding hydrogens is 357 g/mol. The highest BCUT2D eigenvalue weighted by atomic mass is 35.5. The average molecular weight is 370 g/mol. The molecule has 0 fully saturated rings. The number of halogens is 2. The number of aromatic nitrogens is 1. The van der Waals surface area contributed by atoms with Crippen LogP contribution in [-0.4, -0.2) is 4.98 Å². The Morgan fingerprint density at radius 3 is 2.52 bits per heavy atom. The van der Waals surface area contributed by atoms with Crippen molar-refractivity contribution in [2.45, 2.75) is 6.61 Å². The second-order valence-corrected chi connectivity index (χ2v) is 6.38. The summed E-state index contributed by atoms with van der Waals surface area (Å²) in [6.07, 6.45) is 0. The van der Waals surface area contributed by atoms with Crippen LogP contribution in [0, 0.1) is 0 Å². The number of rotatable bonds is 4. The molecule has 3 nitrogen and oxygen atoms in total. The topological polar surface area (TPSA) is 35.3 Å². The molecule has 0 saturated heterocycles. The van der Waals surface area contributed by atoms with Gasteiger partial charge < -0.3 is 9.15 Å². The minimum Gasteiger partial charge on any atom is -0.489 e. The Hall–Kier alpha value is -2.49. The summed E-state index contributed by atoms with van der Waals surface area (Å²) in [5.41, 5.74) is 3.27. The third kappa shape index (κ3) is 3.48. The van der Waals surface area contributed by atoms with Crippen LogP contribution in [0.3, 0.4) is 0 Å². The molecule has 3 aromatic carbocycles. The molecule has 0 saturated carbocycles. The first-order valence-electron chi connectivity index (χ1n) is 7.72. The van der Waals surface area contributed by atoms with Crippen molar-refractivity contribution in [1.29, 1.82) is 0 Å². The molecule has 5 heteroatoms. The van der Waals surface area contributed by atoms with Crippen LogP contribution in [0.5, 0.6) is 5.75 Å². The summed E-state index contributed by atoms with van der Waals surface area (Å²) >= 11 is 12.1. The number of hydrogen-bond acceptors (Lipinski definition) is 3. The fourth-order valence-electron chi connectivity index (χ4n) is 2.49. The Morgan fingerprint density at radius 1 is 0.920 bits per heavy atom. The quantitative estimate of drug-likeness (QED) is 0.418. The molecule has 0 N–H and O–H groups in total. The first-order valence-corrected chi connectivity index (χ1v) is 8.47. The number of oxazole rings is 1. The molecule has 0 spiro atoms. The van der Waals surface area contributed by atoms with E-state index >= 15 is 0 Å². The lowest BCUT2D eigenvalue weighted by Gasteiger charge is -2.07. The molecule has 4 aromatic rings. The summed E-state index contributed by atoms with van der Waals surface area (Å²) in [5.74, 6) is 1.30. The molecule has 0 aliphatic carbocycles. The SMILES string of the molecule is Clc1ccc2oc(-c3ccc(OCc4ccccc4Cl)cc3)nc2c1. The second-order valence-electron chi connectivity index (χ2n) is 5.54. The summed E-state index contributed by atoms with van der Waals surface area (Å²) in [7, 11) is 0. The van der Waals surface area contributed by atoms with Crippen molar-refractivity contribution in [3.05, 3.63) is 82.3 Å². The molecule has 1 heterocycles. The van der Waals surface area contributed by atoms with Crippen LogP contribution in [-0.2, 0) is 6.61 Å². The van der Waals surface area contributed by atoms with Crippen molar-refractivity contribution in [3.63, 3.8) is 0 Å². The Bertz CT molecular complexity index is 1030. The zero-order valence-electron chi connectivity index (χ0n) is 13.1. The Labute approximate surface area is 154 Å². The predicted octanol–water partition coefficient (Wildman–Crippen LogP) is 6.38. The fourth-order valence-corrected chi connectivity index (χ4v) is 2.85. The molecule has 0 unspecified atom stereocenters. The predicted molar refractivity (Wildman–Crippen MR) is 100 cm³/mol. The van der Waals surface area contributed by atoms with Gasteiger partial charge in [-0.05, 0) is 48.5 Å². The van der Waals surface area contributed by atoms with Crippen molar-refractivity contribution in [1.82, 2.24) is 4.98 Å².